The minimum Gasteiger partial charge on any atom is -0.352 e. The standard InChI is InChI=1S/C20H17Cl2NO/c21-17-10-8-15(19(22)12-17)9-11-20(24)23-13-16-6-3-5-14-4-1-2-7-18(14)16/h1-8,10,12H,9,11,13H2,(H,23,24). The minimum atomic E-state index is 0.00829. The molecule has 3 aromatic carbocycles. The summed E-state index contributed by atoms with van der Waals surface area (Å²) in [5.74, 6) is 0.00829. The smallest absolute Gasteiger partial charge is 0.220 e. The van der Waals surface area contributed by atoms with E-state index in [1.807, 2.05) is 30.3 Å². The molecule has 0 aliphatic carbocycles. The number of hydrogen-bond donors (Lipinski definition) is 1. The summed E-state index contributed by atoms with van der Waals surface area (Å²) < 4.78 is 0. The number of fused-ring (bicyclic) bond motifs is 1. The van der Waals surface area contributed by atoms with Gasteiger partial charge in [0.15, 0.2) is 0 Å². The Morgan fingerprint density at radius 2 is 1.71 bits per heavy atom. The zero-order valence-corrected chi connectivity index (χ0v) is 14.6. The first-order chi connectivity index (χ1) is 11.6. The van der Waals surface area contributed by atoms with Crippen LogP contribution >= 0.6 is 23.2 Å². The number of carbonyl (C=O) groups is 1. The monoisotopic (exact) mass is 357 g/mol. The van der Waals surface area contributed by atoms with Crippen molar-refractivity contribution in [2.45, 2.75) is 19.4 Å². The van der Waals surface area contributed by atoms with Crippen molar-refractivity contribution in [1.29, 1.82) is 0 Å². The highest BCUT2D eigenvalue weighted by Gasteiger charge is 2.07. The molecule has 0 atom stereocenters. The number of amides is 1. The minimum absolute atomic E-state index is 0.00829. The molecular formula is C20H17Cl2NO. The van der Waals surface area contributed by atoms with Crippen molar-refractivity contribution in [1.82, 2.24) is 5.32 Å². The fourth-order valence-electron chi connectivity index (χ4n) is 2.70. The summed E-state index contributed by atoms with van der Waals surface area (Å²) >= 11 is 12.0. The van der Waals surface area contributed by atoms with Gasteiger partial charge in [0.05, 0.1) is 0 Å². The molecule has 0 radical (unpaired) electrons. The maximum atomic E-state index is 12.1. The predicted octanol–water partition coefficient (Wildman–Crippen LogP) is 5.40. The van der Waals surface area contributed by atoms with Gasteiger partial charge in [-0.3, -0.25) is 4.79 Å². The van der Waals surface area contributed by atoms with Gasteiger partial charge < -0.3 is 5.32 Å². The van der Waals surface area contributed by atoms with Crippen LogP contribution in [-0.2, 0) is 17.8 Å². The van der Waals surface area contributed by atoms with E-state index in [0.717, 1.165) is 11.1 Å². The number of hydrogen-bond acceptors (Lipinski definition) is 1. The molecule has 3 aromatic rings. The molecule has 0 aromatic heterocycles. The van der Waals surface area contributed by atoms with Gasteiger partial charge in [0.25, 0.3) is 0 Å². The van der Waals surface area contributed by atoms with Crippen molar-refractivity contribution in [3.8, 4) is 0 Å². The van der Waals surface area contributed by atoms with Gasteiger partial charge in [0.1, 0.15) is 0 Å². The van der Waals surface area contributed by atoms with E-state index in [0.29, 0.717) is 29.4 Å². The number of rotatable bonds is 5. The number of aryl methyl sites for hydroxylation is 1. The van der Waals surface area contributed by atoms with Crippen LogP contribution in [-0.4, -0.2) is 5.91 Å². The normalized spacial score (nSPS) is 10.8. The largest absolute Gasteiger partial charge is 0.352 e. The summed E-state index contributed by atoms with van der Waals surface area (Å²) in [7, 11) is 0. The van der Waals surface area contributed by atoms with Gasteiger partial charge in [0, 0.05) is 23.0 Å². The molecule has 0 heterocycles. The third-order valence-corrected chi connectivity index (χ3v) is 4.58. The molecule has 0 fully saturated rings. The van der Waals surface area contributed by atoms with E-state index in [9.17, 15) is 4.79 Å². The van der Waals surface area contributed by atoms with Gasteiger partial charge in [-0.15, -0.1) is 0 Å². The van der Waals surface area contributed by atoms with Crippen LogP contribution in [0.4, 0.5) is 0 Å². The number of carbonyl (C=O) groups excluding carboxylic acids is 1. The Balaban J connectivity index is 1.59. The summed E-state index contributed by atoms with van der Waals surface area (Å²) in [6.07, 6.45) is 0.990. The van der Waals surface area contributed by atoms with E-state index >= 15 is 0 Å². The van der Waals surface area contributed by atoms with Crippen LogP contribution in [0.25, 0.3) is 10.8 Å². The highest BCUT2D eigenvalue weighted by molar-refractivity contribution is 6.35. The molecule has 1 amide bonds. The van der Waals surface area contributed by atoms with E-state index in [4.69, 9.17) is 23.2 Å². The Hall–Kier alpha value is -2.03. The molecule has 122 valence electrons. The van der Waals surface area contributed by atoms with Crippen molar-refractivity contribution >= 4 is 39.9 Å². The first-order valence-electron chi connectivity index (χ1n) is 7.81. The lowest BCUT2D eigenvalue weighted by Gasteiger charge is -2.09. The quantitative estimate of drug-likeness (QED) is 0.650. The van der Waals surface area contributed by atoms with Gasteiger partial charge in [-0.25, -0.2) is 0 Å². The summed E-state index contributed by atoms with van der Waals surface area (Å²) in [5.41, 5.74) is 2.05. The Kier molecular flexibility index (Phi) is 5.39. The maximum Gasteiger partial charge on any atom is 0.220 e. The molecule has 0 aliphatic rings. The van der Waals surface area contributed by atoms with E-state index in [-0.39, 0.29) is 5.91 Å². The van der Waals surface area contributed by atoms with Crippen LogP contribution < -0.4 is 5.32 Å². The summed E-state index contributed by atoms with van der Waals surface area (Å²) in [4.78, 5) is 12.1. The molecule has 1 N–H and O–H groups in total. The molecule has 2 nitrogen and oxygen atoms in total. The van der Waals surface area contributed by atoms with E-state index in [1.54, 1.807) is 12.1 Å². The predicted molar refractivity (Wildman–Crippen MR) is 101 cm³/mol. The second-order valence-corrected chi connectivity index (χ2v) is 6.49. The van der Waals surface area contributed by atoms with Crippen LogP contribution in [0, 0.1) is 0 Å². The first-order valence-corrected chi connectivity index (χ1v) is 8.56. The molecule has 4 heteroatoms. The van der Waals surface area contributed by atoms with Crippen LogP contribution in [0.15, 0.2) is 60.7 Å². The molecule has 0 bridgehead atoms. The van der Waals surface area contributed by atoms with E-state index < -0.39 is 0 Å². The molecular weight excluding hydrogens is 341 g/mol. The molecule has 0 spiro atoms. The van der Waals surface area contributed by atoms with Crippen molar-refractivity contribution in [2.75, 3.05) is 0 Å². The Morgan fingerprint density at radius 1 is 0.917 bits per heavy atom. The Labute approximate surface area is 151 Å². The van der Waals surface area contributed by atoms with E-state index in [1.165, 1.54) is 10.8 Å². The maximum absolute atomic E-state index is 12.1. The second-order valence-electron chi connectivity index (χ2n) is 5.65. The van der Waals surface area contributed by atoms with Gasteiger partial charge >= 0.3 is 0 Å². The Morgan fingerprint density at radius 3 is 2.54 bits per heavy atom. The third kappa shape index (κ3) is 4.08. The molecule has 0 aliphatic heterocycles. The summed E-state index contributed by atoms with van der Waals surface area (Å²) in [6, 6.07) is 19.6. The zero-order valence-electron chi connectivity index (χ0n) is 13.1. The van der Waals surface area contributed by atoms with Gasteiger partial charge in [0.2, 0.25) is 5.91 Å². The summed E-state index contributed by atoms with van der Waals surface area (Å²) in [6.45, 7) is 0.522. The van der Waals surface area contributed by atoms with Crippen LogP contribution in [0.1, 0.15) is 17.5 Å². The van der Waals surface area contributed by atoms with Crippen molar-refractivity contribution in [2.24, 2.45) is 0 Å². The number of nitrogens with one attached hydrogen (secondary N) is 1. The lowest BCUT2D eigenvalue weighted by atomic mass is 10.0. The highest BCUT2D eigenvalue weighted by atomic mass is 35.5. The third-order valence-electron chi connectivity index (χ3n) is 3.99. The lowest BCUT2D eigenvalue weighted by Crippen LogP contribution is -2.23. The second kappa shape index (κ2) is 7.69. The lowest BCUT2D eigenvalue weighted by molar-refractivity contribution is -0.121. The molecule has 0 unspecified atom stereocenters. The zero-order chi connectivity index (χ0) is 16.9. The molecule has 24 heavy (non-hydrogen) atoms. The average molecular weight is 358 g/mol. The van der Waals surface area contributed by atoms with Gasteiger partial charge in [-0.05, 0) is 40.5 Å². The first kappa shape index (κ1) is 16.8. The highest BCUT2D eigenvalue weighted by Crippen LogP contribution is 2.22. The van der Waals surface area contributed by atoms with Crippen molar-refractivity contribution < 1.29 is 4.79 Å². The fraction of sp³-hybridized carbons (Fsp3) is 0.150. The van der Waals surface area contributed by atoms with Gasteiger partial charge in [-0.2, -0.15) is 0 Å². The topological polar surface area (TPSA) is 29.1 Å². The van der Waals surface area contributed by atoms with Crippen molar-refractivity contribution in [3.05, 3.63) is 81.8 Å². The average Bonchev–Trinajstić information content (AvgIpc) is 2.59. The van der Waals surface area contributed by atoms with Crippen LogP contribution in [0.5, 0.6) is 0 Å². The van der Waals surface area contributed by atoms with Crippen LogP contribution in [0.3, 0.4) is 0 Å². The van der Waals surface area contributed by atoms with Crippen LogP contribution in [0.2, 0.25) is 10.0 Å². The fourth-order valence-corrected chi connectivity index (χ4v) is 3.20. The van der Waals surface area contributed by atoms with Crippen molar-refractivity contribution in [3.63, 3.8) is 0 Å². The molecule has 3 rings (SSSR count). The Bertz CT molecular complexity index is 871. The van der Waals surface area contributed by atoms with Gasteiger partial charge in [-0.1, -0.05) is 71.7 Å². The SMILES string of the molecule is O=C(CCc1ccc(Cl)cc1Cl)NCc1cccc2ccccc12. The molecule has 0 saturated carbocycles. The molecule has 0 saturated heterocycles. The number of benzene rings is 3. The van der Waals surface area contributed by atoms with E-state index in [2.05, 4.69) is 23.5 Å². The number of halogens is 2. The summed E-state index contributed by atoms with van der Waals surface area (Å²) in [5, 5.41) is 6.53.